The van der Waals surface area contributed by atoms with Crippen molar-refractivity contribution in [2.75, 3.05) is 0 Å². The minimum Gasteiger partial charge on any atom is -0.744 e. The first-order valence-corrected chi connectivity index (χ1v) is 17.5. The lowest BCUT2D eigenvalue weighted by Crippen LogP contribution is -2.22. The monoisotopic (exact) mass is 579 g/mol. The Morgan fingerprint density at radius 3 is 1.66 bits per heavy atom. The van der Waals surface area contributed by atoms with E-state index in [1.165, 1.54) is 93.4 Å². The van der Waals surface area contributed by atoms with Gasteiger partial charge in [0.2, 0.25) is 0 Å². The molecule has 3 aliphatic rings. The van der Waals surface area contributed by atoms with Crippen molar-refractivity contribution >= 4 is 16.1 Å². The molecule has 0 radical (unpaired) electrons. The average molecular weight is 580 g/mol. The van der Waals surface area contributed by atoms with E-state index in [9.17, 15) is 17.8 Å². The molecule has 3 saturated carbocycles. The summed E-state index contributed by atoms with van der Waals surface area (Å²) in [5, 5.41) is 0. The molecule has 0 aromatic heterocycles. The molecular formula is C35H47O5S-. The van der Waals surface area contributed by atoms with E-state index in [0.717, 1.165) is 31.2 Å². The summed E-state index contributed by atoms with van der Waals surface area (Å²) in [6.07, 6.45) is 18.0. The van der Waals surface area contributed by atoms with Gasteiger partial charge in [0.1, 0.15) is 15.9 Å². The summed E-state index contributed by atoms with van der Waals surface area (Å²) in [7, 11) is -4.65. The molecule has 2 aromatic carbocycles. The Balaban J connectivity index is 1.62. The zero-order valence-corrected chi connectivity index (χ0v) is 26.0. The minimum absolute atomic E-state index is 0.211. The van der Waals surface area contributed by atoms with E-state index in [0.29, 0.717) is 34.6 Å². The molecule has 0 saturated heterocycles. The number of hydrogen-bond donors (Lipinski definition) is 0. The summed E-state index contributed by atoms with van der Waals surface area (Å²) in [4.78, 5) is 14.1. The van der Waals surface area contributed by atoms with Gasteiger partial charge < -0.3 is 9.29 Å². The van der Waals surface area contributed by atoms with Crippen molar-refractivity contribution in [3.63, 3.8) is 0 Å². The van der Waals surface area contributed by atoms with Crippen LogP contribution in [-0.2, 0) is 10.1 Å². The van der Waals surface area contributed by atoms with Crippen LogP contribution in [0.15, 0.2) is 29.2 Å². The number of rotatable bonds is 7. The van der Waals surface area contributed by atoms with Crippen LogP contribution in [0.1, 0.15) is 172 Å². The fourth-order valence-electron chi connectivity index (χ4n) is 7.70. The van der Waals surface area contributed by atoms with E-state index in [1.54, 1.807) is 13.0 Å². The summed E-state index contributed by atoms with van der Waals surface area (Å²) < 4.78 is 42.2. The van der Waals surface area contributed by atoms with Crippen molar-refractivity contribution in [2.24, 2.45) is 0 Å². The number of aryl methyl sites for hydroxylation is 1. The van der Waals surface area contributed by atoms with Crippen LogP contribution in [0.5, 0.6) is 5.75 Å². The summed E-state index contributed by atoms with van der Waals surface area (Å²) in [6.45, 7) is 5.40. The molecule has 5 nitrogen and oxygen atoms in total. The molecule has 3 aliphatic carbocycles. The van der Waals surface area contributed by atoms with Crippen molar-refractivity contribution in [1.82, 2.24) is 0 Å². The van der Waals surface area contributed by atoms with Crippen LogP contribution < -0.4 is 4.74 Å². The highest BCUT2D eigenvalue weighted by Crippen LogP contribution is 2.44. The number of ether oxygens (including phenoxy) is 1. The molecule has 5 rings (SSSR count). The maximum absolute atomic E-state index is 14.3. The molecule has 0 spiro atoms. The first-order valence-electron chi connectivity index (χ1n) is 16.1. The van der Waals surface area contributed by atoms with Gasteiger partial charge in [-0.2, -0.15) is 0 Å². The minimum atomic E-state index is -4.65. The summed E-state index contributed by atoms with van der Waals surface area (Å²) in [5.74, 6) is 1.08. The van der Waals surface area contributed by atoms with Crippen molar-refractivity contribution in [3.05, 3.63) is 57.6 Å². The maximum atomic E-state index is 14.3. The fourth-order valence-corrected chi connectivity index (χ4v) is 8.60. The van der Waals surface area contributed by atoms with E-state index >= 15 is 0 Å². The third-order valence-electron chi connectivity index (χ3n) is 9.99. The molecule has 0 heterocycles. The Morgan fingerprint density at radius 2 is 1.22 bits per heavy atom. The SMILES string of the molecule is Cc1cc(S(=O)(=O)[O-])c(C(C)C)cc1OC(=O)c1c(C2CCCCC2)cc(C2CCCCC2)cc1C1CCCCC1. The van der Waals surface area contributed by atoms with Gasteiger partial charge in [0.05, 0.1) is 10.5 Å². The van der Waals surface area contributed by atoms with Crippen LogP contribution in [0.4, 0.5) is 0 Å². The first kappa shape index (κ1) is 30.3. The topological polar surface area (TPSA) is 83.5 Å². The lowest BCUT2D eigenvalue weighted by molar-refractivity contribution is 0.0729. The van der Waals surface area contributed by atoms with Crippen molar-refractivity contribution in [3.8, 4) is 5.75 Å². The number of hydrogen-bond acceptors (Lipinski definition) is 5. The van der Waals surface area contributed by atoms with E-state index < -0.39 is 10.1 Å². The Hall–Kier alpha value is -2.18. The smallest absolute Gasteiger partial charge is 0.344 e. The predicted molar refractivity (Wildman–Crippen MR) is 162 cm³/mol. The molecule has 224 valence electrons. The van der Waals surface area contributed by atoms with Crippen molar-refractivity contribution < 1.29 is 22.5 Å². The molecule has 0 amide bonds. The van der Waals surface area contributed by atoms with Gasteiger partial charge in [-0.3, -0.25) is 0 Å². The molecular weight excluding hydrogens is 532 g/mol. The molecule has 0 aliphatic heterocycles. The van der Waals surface area contributed by atoms with Gasteiger partial charge in [-0.1, -0.05) is 83.8 Å². The Bertz CT molecular complexity index is 1300. The zero-order valence-electron chi connectivity index (χ0n) is 25.2. The van der Waals surface area contributed by atoms with Crippen molar-refractivity contribution in [2.45, 2.75) is 146 Å². The van der Waals surface area contributed by atoms with E-state index in [4.69, 9.17) is 4.74 Å². The number of carbonyl (C=O) groups excluding carboxylic acids is 1. The Morgan fingerprint density at radius 1 is 0.756 bits per heavy atom. The van der Waals surface area contributed by atoms with E-state index in [1.807, 2.05) is 13.8 Å². The standard InChI is InChI=1S/C35H48O5S/c1-23(2)29-22-32(24(3)19-33(29)41(37,38)39)40-35(36)34-30(26-15-9-5-10-16-26)20-28(25-13-7-4-8-14-25)21-31(34)27-17-11-6-12-18-27/h19-23,25-27H,4-18H2,1-3H3,(H,37,38,39)/p-1. The normalized spacial score (nSPS) is 19.9. The van der Waals surface area contributed by atoms with Crippen LogP contribution >= 0.6 is 0 Å². The van der Waals surface area contributed by atoms with E-state index in [2.05, 4.69) is 12.1 Å². The van der Waals surface area contributed by atoms with Gasteiger partial charge in [0, 0.05) is 0 Å². The second-order valence-corrected chi connectivity index (χ2v) is 14.6. The van der Waals surface area contributed by atoms with Crippen molar-refractivity contribution in [1.29, 1.82) is 0 Å². The molecule has 0 bridgehead atoms. The highest BCUT2D eigenvalue weighted by atomic mass is 32.2. The van der Waals surface area contributed by atoms with Crippen LogP contribution in [0.3, 0.4) is 0 Å². The average Bonchev–Trinajstić information content (AvgIpc) is 2.98. The number of benzene rings is 2. The summed E-state index contributed by atoms with van der Waals surface area (Å²) in [5.41, 5.74) is 5.41. The lowest BCUT2D eigenvalue weighted by Gasteiger charge is -2.32. The maximum Gasteiger partial charge on any atom is 0.344 e. The highest BCUT2D eigenvalue weighted by Gasteiger charge is 2.32. The van der Waals surface area contributed by atoms with E-state index in [-0.39, 0.29) is 16.8 Å². The molecule has 3 fully saturated rings. The van der Waals surface area contributed by atoms with Gasteiger partial charge in [0.25, 0.3) is 0 Å². The van der Waals surface area contributed by atoms with Gasteiger partial charge in [-0.25, -0.2) is 13.2 Å². The van der Waals surface area contributed by atoms with Crippen LogP contribution in [0.2, 0.25) is 0 Å². The zero-order chi connectivity index (χ0) is 29.1. The molecule has 0 N–H and O–H groups in total. The second-order valence-electron chi connectivity index (χ2n) is 13.2. The molecule has 0 atom stereocenters. The van der Waals surface area contributed by atoms with Gasteiger partial charge in [0.15, 0.2) is 0 Å². The molecule has 2 aromatic rings. The first-order chi connectivity index (χ1) is 19.6. The van der Waals surface area contributed by atoms with Crippen LogP contribution in [0.25, 0.3) is 0 Å². The molecule has 6 heteroatoms. The molecule has 0 unspecified atom stereocenters. The molecule has 41 heavy (non-hydrogen) atoms. The van der Waals surface area contributed by atoms with Gasteiger partial charge in [-0.15, -0.1) is 0 Å². The van der Waals surface area contributed by atoms with Gasteiger partial charge in [-0.05, 0) is 109 Å². The highest BCUT2D eigenvalue weighted by molar-refractivity contribution is 7.85. The third-order valence-corrected chi connectivity index (χ3v) is 10.9. The third kappa shape index (κ3) is 6.91. The largest absolute Gasteiger partial charge is 0.744 e. The van der Waals surface area contributed by atoms with Gasteiger partial charge >= 0.3 is 5.97 Å². The Labute approximate surface area is 247 Å². The fraction of sp³-hybridized carbons (Fsp3) is 0.629. The number of esters is 1. The lowest BCUT2D eigenvalue weighted by atomic mass is 9.73. The predicted octanol–water partition coefficient (Wildman–Crippen LogP) is 9.38. The summed E-state index contributed by atoms with van der Waals surface area (Å²) >= 11 is 0. The second kappa shape index (κ2) is 13.0. The summed E-state index contributed by atoms with van der Waals surface area (Å²) in [6, 6.07) is 7.71. The van der Waals surface area contributed by atoms with Crippen LogP contribution in [0, 0.1) is 6.92 Å². The quantitative estimate of drug-likeness (QED) is 0.185. The van der Waals surface area contributed by atoms with Crippen LogP contribution in [-0.4, -0.2) is 18.9 Å². The number of carbonyl (C=O) groups is 1. The Kier molecular flexibility index (Phi) is 9.60.